The van der Waals surface area contributed by atoms with E-state index in [1.165, 1.54) is 12.8 Å². The molecule has 0 saturated carbocycles. The SMILES string of the molecule is CCCS(=O)(=O)N1CCCCCC1C. The molecule has 0 aliphatic carbocycles. The van der Waals surface area contributed by atoms with Crippen LogP contribution in [-0.4, -0.2) is 31.1 Å². The molecule has 4 heteroatoms. The summed E-state index contributed by atoms with van der Waals surface area (Å²) in [6.45, 7) is 4.67. The minimum absolute atomic E-state index is 0.203. The molecule has 1 rings (SSSR count). The van der Waals surface area contributed by atoms with E-state index in [0.29, 0.717) is 12.2 Å². The van der Waals surface area contributed by atoms with Crippen LogP contribution in [0, 0.1) is 0 Å². The Morgan fingerprint density at radius 2 is 2.00 bits per heavy atom. The minimum atomic E-state index is -2.97. The van der Waals surface area contributed by atoms with Crippen molar-refractivity contribution in [2.75, 3.05) is 12.3 Å². The minimum Gasteiger partial charge on any atom is -0.212 e. The Bertz CT molecular complexity index is 261. The molecule has 0 amide bonds. The Hall–Kier alpha value is -0.0900. The lowest BCUT2D eigenvalue weighted by molar-refractivity contribution is 0.342. The Morgan fingerprint density at radius 3 is 2.64 bits per heavy atom. The van der Waals surface area contributed by atoms with Crippen LogP contribution in [0.15, 0.2) is 0 Å². The zero-order valence-corrected chi connectivity index (χ0v) is 10.0. The summed E-state index contributed by atoms with van der Waals surface area (Å²) < 4.78 is 25.5. The van der Waals surface area contributed by atoms with Crippen LogP contribution in [0.2, 0.25) is 0 Å². The number of hydrogen-bond donors (Lipinski definition) is 0. The molecule has 1 aliphatic heterocycles. The summed E-state index contributed by atoms with van der Waals surface area (Å²) >= 11 is 0. The van der Waals surface area contributed by atoms with Crippen LogP contribution in [0.5, 0.6) is 0 Å². The molecule has 0 bridgehead atoms. The highest BCUT2D eigenvalue weighted by atomic mass is 32.2. The maximum atomic E-state index is 11.9. The molecule has 1 unspecified atom stereocenters. The maximum absolute atomic E-state index is 11.9. The largest absolute Gasteiger partial charge is 0.214 e. The van der Waals surface area contributed by atoms with Gasteiger partial charge in [-0.05, 0) is 26.2 Å². The standard InChI is InChI=1S/C10H21NO2S/c1-3-9-14(12,13)11-8-6-4-5-7-10(11)2/h10H,3-9H2,1-2H3. The van der Waals surface area contributed by atoms with Crippen LogP contribution in [-0.2, 0) is 10.0 Å². The predicted molar refractivity (Wildman–Crippen MR) is 58.7 cm³/mol. The summed E-state index contributed by atoms with van der Waals surface area (Å²) in [5.74, 6) is 0.303. The van der Waals surface area contributed by atoms with Crippen molar-refractivity contribution >= 4 is 10.0 Å². The summed E-state index contributed by atoms with van der Waals surface area (Å²) in [6.07, 6.45) is 5.09. The van der Waals surface area contributed by atoms with Crippen LogP contribution < -0.4 is 0 Å². The van der Waals surface area contributed by atoms with Crippen molar-refractivity contribution in [3.63, 3.8) is 0 Å². The monoisotopic (exact) mass is 219 g/mol. The van der Waals surface area contributed by atoms with Gasteiger partial charge in [0.1, 0.15) is 0 Å². The molecule has 1 fully saturated rings. The van der Waals surface area contributed by atoms with Gasteiger partial charge < -0.3 is 0 Å². The Morgan fingerprint density at radius 1 is 1.29 bits per heavy atom. The third-order valence-corrected chi connectivity index (χ3v) is 4.99. The average Bonchev–Trinajstić information content (AvgIpc) is 2.29. The highest BCUT2D eigenvalue weighted by Crippen LogP contribution is 2.20. The topological polar surface area (TPSA) is 37.4 Å². The predicted octanol–water partition coefficient (Wildman–Crippen LogP) is 1.99. The average molecular weight is 219 g/mol. The molecule has 0 aromatic heterocycles. The van der Waals surface area contributed by atoms with Gasteiger partial charge in [0.15, 0.2) is 0 Å². The molecule has 84 valence electrons. The normalized spacial score (nSPS) is 26.0. The van der Waals surface area contributed by atoms with Crippen molar-refractivity contribution in [1.82, 2.24) is 4.31 Å². The van der Waals surface area contributed by atoms with Crippen molar-refractivity contribution in [1.29, 1.82) is 0 Å². The van der Waals surface area contributed by atoms with E-state index in [-0.39, 0.29) is 6.04 Å². The lowest BCUT2D eigenvalue weighted by Crippen LogP contribution is -2.39. The summed E-state index contributed by atoms with van der Waals surface area (Å²) in [5, 5.41) is 0. The smallest absolute Gasteiger partial charge is 0.212 e. The molecule has 1 aliphatic rings. The summed E-state index contributed by atoms with van der Waals surface area (Å²) in [4.78, 5) is 0. The van der Waals surface area contributed by atoms with E-state index < -0.39 is 10.0 Å². The van der Waals surface area contributed by atoms with E-state index in [2.05, 4.69) is 0 Å². The Labute approximate surface area is 87.5 Å². The van der Waals surface area contributed by atoms with Gasteiger partial charge in [0.25, 0.3) is 0 Å². The molecule has 14 heavy (non-hydrogen) atoms. The summed E-state index contributed by atoms with van der Waals surface area (Å²) in [5.41, 5.74) is 0. The zero-order valence-electron chi connectivity index (χ0n) is 9.20. The number of rotatable bonds is 3. The Balaban J connectivity index is 2.72. The molecule has 0 spiro atoms. The van der Waals surface area contributed by atoms with Gasteiger partial charge in [0.2, 0.25) is 10.0 Å². The molecular weight excluding hydrogens is 198 g/mol. The van der Waals surface area contributed by atoms with Gasteiger partial charge in [0.05, 0.1) is 5.75 Å². The first kappa shape index (κ1) is 12.0. The van der Waals surface area contributed by atoms with E-state index in [1.807, 2.05) is 13.8 Å². The van der Waals surface area contributed by atoms with Crippen LogP contribution in [0.1, 0.15) is 46.0 Å². The highest BCUT2D eigenvalue weighted by molar-refractivity contribution is 7.89. The molecule has 0 aromatic carbocycles. The quantitative estimate of drug-likeness (QED) is 0.728. The molecular formula is C10H21NO2S. The molecule has 0 aromatic rings. The molecule has 1 atom stereocenters. The summed E-state index contributed by atoms with van der Waals surface area (Å²) in [6, 6.07) is 0.203. The lowest BCUT2D eigenvalue weighted by atomic mass is 10.1. The third kappa shape index (κ3) is 2.95. The van der Waals surface area contributed by atoms with Crippen molar-refractivity contribution in [2.24, 2.45) is 0 Å². The van der Waals surface area contributed by atoms with Gasteiger partial charge in [-0.2, -0.15) is 4.31 Å². The van der Waals surface area contributed by atoms with Gasteiger partial charge in [-0.25, -0.2) is 8.42 Å². The van der Waals surface area contributed by atoms with Crippen molar-refractivity contribution < 1.29 is 8.42 Å². The van der Waals surface area contributed by atoms with Gasteiger partial charge in [-0.15, -0.1) is 0 Å². The third-order valence-electron chi connectivity index (χ3n) is 2.81. The van der Waals surface area contributed by atoms with E-state index in [4.69, 9.17) is 0 Å². The van der Waals surface area contributed by atoms with Crippen LogP contribution in [0.4, 0.5) is 0 Å². The van der Waals surface area contributed by atoms with E-state index >= 15 is 0 Å². The van der Waals surface area contributed by atoms with E-state index in [0.717, 1.165) is 19.4 Å². The van der Waals surface area contributed by atoms with Crippen LogP contribution >= 0.6 is 0 Å². The van der Waals surface area contributed by atoms with Crippen molar-refractivity contribution in [2.45, 2.75) is 52.0 Å². The van der Waals surface area contributed by atoms with E-state index in [9.17, 15) is 8.42 Å². The second-order valence-corrected chi connectivity index (χ2v) is 6.17. The van der Waals surface area contributed by atoms with E-state index in [1.54, 1.807) is 4.31 Å². The van der Waals surface area contributed by atoms with Gasteiger partial charge in [-0.3, -0.25) is 0 Å². The molecule has 0 N–H and O–H groups in total. The fraction of sp³-hybridized carbons (Fsp3) is 1.00. The fourth-order valence-corrected chi connectivity index (χ4v) is 3.85. The number of nitrogens with zero attached hydrogens (tertiary/aromatic N) is 1. The second-order valence-electron chi connectivity index (χ2n) is 4.13. The lowest BCUT2D eigenvalue weighted by Gasteiger charge is -2.25. The van der Waals surface area contributed by atoms with Gasteiger partial charge >= 0.3 is 0 Å². The van der Waals surface area contributed by atoms with Gasteiger partial charge in [-0.1, -0.05) is 19.8 Å². The second kappa shape index (κ2) is 5.12. The molecule has 0 radical (unpaired) electrons. The maximum Gasteiger partial charge on any atom is 0.214 e. The molecule has 3 nitrogen and oxygen atoms in total. The first-order valence-electron chi connectivity index (χ1n) is 5.57. The first-order valence-corrected chi connectivity index (χ1v) is 7.18. The van der Waals surface area contributed by atoms with Crippen molar-refractivity contribution in [3.8, 4) is 0 Å². The van der Waals surface area contributed by atoms with Gasteiger partial charge in [0, 0.05) is 12.6 Å². The fourth-order valence-electron chi connectivity index (χ4n) is 2.04. The highest BCUT2D eigenvalue weighted by Gasteiger charge is 2.27. The number of hydrogen-bond acceptors (Lipinski definition) is 2. The molecule has 1 heterocycles. The Kier molecular flexibility index (Phi) is 4.38. The number of sulfonamides is 1. The van der Waals surface area contributed by atoms with Crippen molar-refractivity contribution in [3.05, 3.63) is 0 Å². The first-order chi connectivity index (χ1) is 6.58. The summed E-state index contributed by atoms with van der Waals surface area (Å²) in [7, 11) is -2.97. The van der Waals surface area contributed by atoms with Crippen LogP contribution in [0.25, 0.3) is 0 Å². The zero-order chi connectivity index (χ0) is 10.6. The molecule has 1 saturated heterocycles. The van der Waals surface area contributed by atoms with Crippen LogP contribution in [0.3, 0.4) is 0 Å².